The smallest absolute Gasteiger partial charge is 0.186 e. The lowest BCUT2D eigenvalue weighted by molar-refractivity contribution is -0.126. The first-order valence-electron chi connectivity index (χ1n) is 25.0. The summed E-state index contributed by atoms with van der Waals surface area (Å²) in [7, 11) is 0. The van der Waals surface area contributed by atoms with Crippen molar-refractivity contribution < 1.29 is 24.5 Å². The number of ether oxygens (including phenoxy) is 1. The van der Waals surface area contributed by atoms with E-state index in [9.17, 15) is 19.8 Å². The number of nitrogens with zero attached hydrogens (tertiary/aromatic N) is 1. The highest BCUT2D eigenvalue weighted by atomic mass is 16.6. The average molecular weight is 891 g/mol. The molecule has 66 heavy (non-hydrogen) atoms. The van der Waals surface area contributed by atoms with Crippen molar-refractivity contribution in [3.63, 3.8) is 0 Å². The van der Waals surface area contributed by atoms with Crippen LogP contribution in [0.25, 0.3) is 6.08 Å². The summed E-state index contributed by atoms with van der Waals surface area (Å²) < 4.78 is 5.35. The van der Waals surface area contributed by atoms with Gasteiger partial charge in [-0.05, 0) is 201 Å². The van der Waals surface area contributed by atoms with Crippen LogP contribution in [0.2, 0.25) is 0 Å². The second-order valence-electron chi connectivity index (χ2n) is 20.5. The van der Waals surface area contributed by atoms with Gasteiger partial charge in [-0.2, -0.15) is 0 Å². The molecular formula is C57H70N4O5. The Labute approximate surface area is 391 Å². The number of rotatable bonds is 18. The number of anilines is 1. The minimum Gasteiger partial charge on any atom is -0.504 e. The molecule has 3 aliphatic carbocycles. The van der Waals surface area contributed by atoms with Crippen LogP contribution in [0, 0.1) is 40.9 Å². The van der Waals surface area contributed by atoms with E-state index in [0.29, 0.717) is 53.4 Å². The van der Waals surface area contributed by atoms with Crippen molar-refractivity contribution in [1.82, 2.24) is 15.6 Å². The predicted molar refractivity (Wildman–Crippen MR) is 262 cm³/mol. The molecule has 5 aliphatic rings. The second kappa shape index (κ2) is 21.3. The summed E-state index contributed by atoms with van der Waals surface area (Å²) in [4.78, 5) is 31.8. The first kappa shape index (κ1) is 46.0. The summed E-state index contributed by atoms with van der Waals surface area (Å²) in [5, 5.41) is 28.2. The fraction of sp³-hybridized carbons (Fsp3) is 0.491. The number of aliphatic hydroxyl groups excluding tert-OH is 1. The quantitative estimate of drug-likeness (QED) is 0.0286. The first-order chi connectivity index (χ1) is 32.2. The molecule has 9 nitrogen and oxygen atoms in total. The summed E-state index contributed by atoms with van der Waals surface area (Å²) in [5.74, 6) is 4.10. The number of aromatic nitrogens is 1. The van der Waals surface area contributed by atoms with Crippen LogP contribution < -0.4 is 21.1 Å². The van der Waals surface area contributed by atoms with E-state index in [1.165, 1.54) is 67.7 Å². The van der Waals surface area contributed by atoms with Gasteiger partial charge in [0.2, 0.25) is 0 Å². The molecule has 0 radical (unpaired) electrons. The number of aromatic hydroxyl groups is 1. The van der Waals surface area contributed by atoms with Gasteiger partial charge >= 0.3 is 0 Å². The van der Waals surface area contributed by atoms with Gasteiger partial charge in [0.05, 0.1) is 6.42 Å². The van der Waals surface area contributed by atoms with E-state index in [0.717, 1.165) is 92.6 Å². The van der Waals surface area contributed by atoms with E-state index in [1.807, 2.05) is 12.1 Å². The number of ketones is 2. The van der Waals surface area contributed by atoms with E-state index >= 15 is 0 Å². The van der Waals surface area contributed by atoms with Gasteiger partial charge in [0.1, 0.15) is 11.6 Å². The number of hydrogen-bond donors (Lipinski definition) is 5. The molecule has 9 rings (SSSR count). The molecule has 8 atom stereocenters. The number of nitrogens with one attached hydrogen (secondary N) is 2. The lowest BCUT2D eigenvalue weighted by atomic mass is 9.54. The maximum atomic E-state index is 13.7. The number of aryl methyl sites for hydroxylation is 4. The maximum Gasteiger partial charge on any atom is 0.186 e. The van der Waals surface area contributed by atoms with E-state index < -0.39 is 6.79 Å². The van der Waals surface area contributed by atoms with E-state index in [2.05, 4.69) is 76.3 Å². The van der Waals surface area contributed by atoms with Crippen molar-refractivity contribution in [1.29, 1.82) is 0 Å². The van der Waals surface area contributed by atoms with E-state index in [4.69, 9.17) is 10.5 Å². The molecule has 0 amide bonds. The summed E-state index contributed by atoms with van der Waals surface area (Å²) in [6.45, 7) is 2.64. The highest BCUT2D eigenvalue weighted by molar-refractivity contribution is 6.06. The third-order valence-corrected chi connectivity index (χ3v) is 16.4. The number of fused-ring (bicyclic) bond motifs is 3. The number of hydrogen-bond acceptors (Lipinski definition) is 9. The lowest BCUT2D eigenvalue weighted by Crippen LogP contribution is -2.57. The standard InChI is InChI=1S/C57H70N4O5/c58-55-31-43(17-15-40-10-4-9-39(25-40)14-13-38-7-2-1-3-8-38)46(36-61-55)28-45-29-53(65)54(66-37-62)30-42(45)18-20-49(63)32-50(64)26-41-16-19-48-12-5-22-57(48,33-41)34-52-51-21-24-59-35-47(51)27-44-11-6-23-60-56(44)52/h1-4,6-11,18,20,25,29-31,36,41,44,47-48,51-52,56,59-60,62,65H,5,12-17,19,21-24,26-28,32-35,37H2,(H2,58,61)/b20-18+/t41-,44-,47-,48-,51+,52+,56+,57+/m0/s1. The Hall–Kier alpha value is -5.09. The van der Waals surface area contributed by atoms with Crippen LogP contribution in [0.5, 0.6) is 11.5 Å². The molecule has 0 bridgehead atoms. The van der Waals surface area contributed by atoms with Gasteiger partial charge in [-0.3, -0.25) is 9.59 Å². The first-order valence-corrected chi connectivity index (χ1v) is 25.0. The summed E-state index contributed by atoms with van der Waals surface area (Å²) in [6, 6.07) is 25.0. The van der Waals surface area contributed by atoms with Crippen molar-refractivity contribution >= 4 is 23.5 Å². The molecule has 3 heterocycles. The molecule has 3 saturated carbocycles. The van der Waals surface area contributed by atoms with Gasteiger partial charge in [0.15, 0.2) is 24.1 Å². The SMILES string of the molecule is Nc1cc(CCc2cccc(CCc3ccccc3)c2)c(Cc2cc(O)c(OCO)cc2/C=C/C(=O)CC(=O)C[C@@H]2CC[C@@H]3CCC[C@]3(C[C@@H]3[C@@H]4CCNC[C@@H]4C[C@@H]4C=CCN[C@@H]34)C2)cn1. The van der Waals surface area contributed by atoms with Crippen molar-refractivity contribution in [2.24, 2.45) is 40.9 Å². The molecule has 6 N–H and O–H groups in total. The molecule has 1 aromatic heterocycles. The number of benzene rings is 3. The highest BCUT2D eigenvalue weighted by Crippen LogP contribution is 2.60. The van der Waals surface area contributed by atoms with Gasteiger partial charge in [-0.25, -0.2) is 4.98 Å². The number of aliphatic hydroxyl groups is 1. The number of nitrogens with two attached hydrogens (primary N) is 1. The van der Waals surface area contributed by atoms with Crippen LogP contribution in [0.3, 0.4) is 0 Å². The van der Waals surface area contributed by atoms with Crippen LogP contribution in [0.1, 0.15) is 110 Å². The third-order valence-electron chi connectivity index (χ3n) is 16.4. The number of phenolic OH excluding ortho intramolecular Hbond substituents is 1. The number of carbonyl (C=O) groups is 2. The molecule has 3 aromatic carbocycles. The Kier molecular flexibility index (Phi) is 14.8. The van der Waals surface area contributed by atoms with E-state index in [-0.39, 0.29) is 29.5 Å². The van der Waals surface area contributed by atoms with Gasteiger partial charge in [0, 0.05) is 25.2 Å². The number of carbonyl (C=O) groups excluding carboxylic acids is 2. The molecule has 348 valence electrons. The van der Waals surface area contributed by atoms with Crippen LogP contribution in [0.15, 0.2) is 97.2 Å². The zero-order valence-corrected chi connectivity index (χ0v) is 38.6. The fourth-order valence-corrected chi connectivity index (χ4v) is 13.4. The van der Waals surface area contributed by atoms with Crippen molar-refractivity contribution in [3.05, 3.63) is 136 Å². The van der Waals surface area contributed by atoms with Gasteiger partial charge in [-0.1, -0.05) is 79.2 Å². The number of Topliss-reactive ketones (excluding diaryl/α,β-unsaturated/α-hetero) is 1. The third kappa shape index (κ3) is 11.0. The Morgan fingerprint density at radius 1 is 0.909 bits per heavy atom. The summed E-state index contributed by atoms with van der Waals surface area (Å²) in [6.07, 6.45) is 25.2. The van der Waals surface area contributed by atoms with Crippen LogP contribution in [-0.2, 0) is 41.7 Å². The Morgan fingerprint density at radius 3 is 2.58 bits per heavy atom. The van der Waals surface area contributed by atoms with Gasteiger partial charge in [0.25, 0.3) is 0 Å². The Balaban J connectivity index is 0.848. The van der Waals surface area contributed by atoms with Crippen molar-refractivity contribution in [2.75, 3.05) is 32.2 Å². The normalized spacial score (nSPS) is 27.0. The molecule has 2 aliphatic heterocycles. The molecule has 1 saturated heterocycles. The Morgan fingerprint density at radius 2 is 1.73 bits per heavy atom. The number of pyridine rings is 1. The molecule has 4 aromatic rings. The molecule has 0 spiro atoms. The number of allylic oxidation sites excluding steroid dienone is 1. The molecule has 4 fully saturated rings. The number of nitrogen functional groups attached to an aromatic ring is 1. The molecule has 0 unspecified atom stereocenters. The van der Waals surface area contributed by atoms with Crippen LogP contribution in [-0.4, -0.2) is 59.2 Å². The van der Waals surface area contributed by atoms with Crippen molar-refractivity contribution in [3.8, 4) is 11.5 Å². The minimum absolute atomic E-state index is 0.0195. The van der Waals surface area contributed by atoms with Crippen LogP contribution in [0.4, 0.5) is 5.82 Å². The maximum absolute atomic E-state index is 13.7. The molecular weight excluding hydrogens is 821 g/mol. The largest absolute Gasteiger partial charge is 0.504 e. The van der Waals surface area contributed by atoms with Gasteiger partial charge < -0.3 is 31.3 Å². The predicted octanol–water partition coefficient (Wildman–Crippen LogP) is 9.16. The fourth-order valence-electron chi connectivity index (χ4n) is 13.4. The monoisotopic (exact) mass is 891 g/mol. The Bertz CT molecular complexity index is 2380. The van der Waals surface area contributed by atoms with E-state index in [1.54, 1.807) is 24.4 Å². The second-order valence-corrected chi connectivity index (χ2v) is 20.5. The minimum atomic E-state index is -0.610. The zero-order valence-electron chi connectivity index (χ0n) is 38.6. The number of piperidine rings is 1. The average Bonchev–Trinajstić information content (AvgIpc) is 3.74. The summed E-state index contributed by atoms with van der Waals surface area (Å²) in [5.41, 5.74) is 13.8. The summed E-state index contributed by atoms with van der Waals surface area (Å²) >= 11 is 0. The van der Waals surface area contributed by atoms with Crippen LogP contribution >= 0.6 is 0 Å². The topological polar surface area (TPSA) is 147 Å². The number of phenols is 1. The van der Waals surface area contributed by atoms with Gasteiger partial charge in [-0.15, -0.1) is 0 Å². The molecule has 9 heteroatoms. The highest BCUT2D eigenvalue weighted by Gasteiger charge is 2.53. The lowest BCUT2D eigenvalue weighted by Gasteiger charge is -2.54. The van der Waals surface area contributed by atoms with Crippen molar-refractivity contribution in [2.45, 2.75) is 109 Å². The zero-order chi connectivity index (χ0) is 45.5.